The Balaban J connectivity index is 1.90. The zero-order valence-corrected chi connectivity index (χ0v) is 11.8. The van der Waals surface area contributed by atoms with Crippen LogP contribution in [0.5, 0.6) is 0 Å². The number of hydrogen-bond acceptors (Lipinski definition) is 4. The van der Waals surface area contributed by atoms with Crippen LogP contribution in [0.4, 0.5) is 0 Å². The van der Waals surface area contributed by atoms with Crippen molar-refractivity contribution in [2.45, 2.75) is 32.4 Å². The average molecular weight is 290 g/mol. The van der Waals surface area contributed by atoms with E-state index < -0.39 is 6.04 Å². The molecule has 2 heterocycles. The van der Waals surface area contributed by atoms with E-state index in [9.17, 15) is 14.4 Å². The molecule has 0 aromatic heterocycles. The lowest BCUT2D eigenvalue weighted by atomic mass is 10.1. The second kappa shape index (κ2) is 4.94. The molecule has 2 aliphatic heterocycles. The summed E-state index contributed by atoms with van der Waals surface area (Å²) in [6, 6.07) is 5.08. The van der Waals surface area contributed by atoms with Crippen LogP contribution in [0.25, 0.3) is 0 Å². The van der Waals surface area contributed by atoms with Crippen molar-refractivity contribution in [1.82, 2.24) is 9.62 Å². The van der Waals surface area contributed by atoms with Gasteiger partial charge in [0.25, 0.3) is 5.91 Å². The Morgan fingerprint density at radius 3 is 2.85 bits per heavy atom. The van der Waals surface area contributed by atoms with Crippen molar-refractivity contribution in [3.63, 3.8) is 0 Å². The first-order valence-electron chi connectivity index (χ1n) is 6.47. The zero-order valence-electron chi connectivity index (χ0n) is 11.0. The van der Waals surface area contributed by atoms with Gasteiger partial charge in [-0.3, -0.25) is 19.1 Å². The predicted octanol–water partition coefficient (Wildman–Crippen LogP) is 1.40. The standard InChI is InChI=1S/C14H14N2O3S/c1-8-3-2-4-9-10(8)7-16(13(9)18)11-5-6-12(17)15-20-14(11)19/h2-4,11H,5-7H2,1H3,(H,15,17). The van der Waals surface area contributed by atoms with Gasteiger partial charge in [0, 0.05) is 30.5 Å². The molecule has 3 rings (SSSR count). The van der Waals surface area contributed by atoms with Crippen molar-refractivity contribution < 1.29 is 14.4 Å². The van der Waals surface area contributed by atoms with Crippen molar-refractivity contribution in [2.24, 2.45) is 0 Å². The molecule has 5 nitrogen and oxygen atoms in total. The minimum atomic E-state index is -0.529. The summed E-state index contributed by atoms with van der Waals surface area (Å²) >= 11 is 0.795. The minimum Gasteiger partial charge on any atom is -0.323 e. The van der Waals surface area contributed by atoms with Crippen LogP contribution in [0.2, 0.25) is 0 Å². The van der Waals surface area contributed by atoms with Gasteiger partial charge in [0.1, 0.15) is 6.04 Å². The number of benzene rings is 1. The molecule has 1 aromatic rings. The summed E-state index contributed by atoms with van der Waals surface area (Å²) in [5, 5.41) is -0.172. The molecule has 1 saturated heterocycles. The van der Waals surface area contributed by atoms with Gasteiger partial charge in [0.2, 0.25) is 11.0 Å². The summed E-state index contributed by atoms with van der Waals surface area (Å²) in [4.78, 5) is 37.5. The largest absolute Gasteiger partial charge is 0.323 e. The molecular weight excluding hydrogens is 276 g/mol. The highest BCUT2D eigenvalue weighted by molar-refractivity contribution is 8.12. The third-order valence-electron chi connectivity index (χ3n) is 3.79. The maximum atomic E-state index is 12.4. The normalized spacial score (nSPS) is 22.6. The second-order valence-electron chi connectivity index (χ2n) is 5.03. The van der Waals surface area contributed by atoms with E-state index >= 15 is 0 Å². The first-order chi connectivity index (χ1) is 9.58. The SMILES string of the molecule is Cc1cccc2c1CN(C1CCC(=O)NSC1=O)C2=O. The van der Waals surface area contributed by atoms with Crippen molar-refractivity contribution in [3.05, 3.63) is 34.9 Å². The zero-order chi connectivity index (χ0) is 14.3. The number of rotatable bonds is 1. The van der Waals surface area contributed by atoms with Gasteiger partial charge in [0.15, 0.2) is 0 Å². The molecule has 1 fully saturated rings. The molecule has 20 heavy (non-hydrogen) atoms. The summed E-state index contributed by atoms with van der Waals surface area (Å²) in [5.41, 5.74) is 2.71. The number of nitrogens with one attached hydrogen (secondary N) is 1. The fourth-order valence-electron chi connectivity index (χ4n) is 2.66. The minimum absolute atomic E-state index is 0.114. The fraction of sp³-hybridized carbons (Fsp3) is 0.357. The number of hydrogen-bond donors (Lipinski definition) is 1. The highest BCUT2D eigenvalue weighted by Crippen LogP contribution is 2.30. The predicted molar refractivity (Wildman–Crippen MR) is 74.8 cm³/mol. The molecule has 104 valence electrons. The van der Waals surface area contributed by atoms with Gasteiger partial charge >= 0.3 is 0 Å². The van der Waals surface area contributed by atoms with E-state index in [-0.39, 0.29) is 23.4 Å². The Kier molecular flexibility index (Phi) is 3.25. The highest BCUT2D eigenvalue weighted by Gasteiger charge is 2.38. The van der Waals surface area contributed by atoms with Crippen LogP contribution < -0.4 is 4.72 Å². The van der Waals surface area contributed by atoms with E-state index in [2.05, 4.69) is 4.72 Å². The molecule has 1 N–H and O–H groups in total. The van der Waals surface area contributed by atoms with Gasteiger partial charge in [-0.2, -0.15) is 0 Å². The van der Waals surface area contributed by atoms with Gasteiger partial charge in [-0.15, -0.1) is 0 Å². The summed E-state index contributed by atoms with van der Waals surface area (Å²) in [6.45, 7) is 2.41. The lowest BCUT2D eigenvalue weighted by molar-refractivity contribution is -0.119. The molecule has 0 radical (unpaired) electrons. The van der Waals surface area contributed by atoms with Crippen LogP contribution in [0, 0.1) is 6.92 Å². The molecule has 2 amide bonds. The topological polar surface area (TPSA) is 66.5 Å². The van der Waals surface area contributed by atoms with E-state index in [1.165, 1.54) is 0 Å². The number of fused-ring (bicyclic) bond motifs is 1. The third-order valence-corrected chi connectivity index (χ3v) is 4.59. The molecular formula is C14H14N2O3S. The van der Waals surface area contributed by atoms with Crippen LogP contribution >= 0.6 is 11.9 Å². The molecule has 0 spiro atoms. The number of carbonyl (C=O) groups excluding carboxylic acids is 3. The second-order valence-corrected chi connectivity index (χ2v) is 5.85. The molecule has 1 unspecified atom stereocenters. The molecule has 0 aliphatic carbocycles. The van der Waals surface area contributed by atoms with Gasteiger partial charge in [0.05, 0.1) is 0 Å². The van der Waals surface area contributed by atoms with Gasteiger partial charge in [-0.1, -0.05) is 12.1 Å². The van der Waals surface area contributed by atoms with Crippen LogP contribution in [0.3, 0.4) is 0 Å². The van der Waals surface area contributed by atoms with Crippen molar-refractivity contribution in [1.29, 1.82) is 0 Å². The number of amides is 2. The smallest absolute Gasteiger partial charge is 0.255 e. The Bertz CT molecular complexity index is 614. The van der Waals surface area contributed by atoms with Crippen LogP contribution in [-0.4, -0.2) is 27.9 Å². The van der Waals surface area contributed by atoms with Crippen molar-refractivity contribution in [3.8, 4) is 0 Å². The Hall–Kier alpha value is -1.82. The Labute approximate surface area is 120 Å². The molecule has 6 heteroatoms. The molecule has 1 aromatic carbocycles. The van der Waals surface area contributed by atoms with Crippen molar-refractivity contribution >= 4 is 28.9 Å². The number of nitrogens with zero attached hydrogens (tertiary/aromatic N) is 1. The highest BCUT2D eigenvalue weighted by atomic mass is 32.2. The lowest BCUT2D eigenvalue weighted by Gasteiger charge is -2.24. The summed E-state index contributed by atoms with van der Waals surface area (Å²) < 4.78 is 2.49. The summed E-state index contributed by atoms with van der Waals surface area (Å²) in [7, 11) is 0. The van der Waals surface area contributed by atoms with E-state index in [1.54, 1.807) is 11.0 Å². The number of carbonyl (C=O) groups is 3. The van der Waals surface area contributed by atoms with Crippen LogP contribution in [0.15, 0.2) is 18.2 Å². The quantitative estimate of drug-likeness (QED) is 0.794. The maximum absolute atomic E-state index is 12.4. The average Bonchev–Trinajstić information content (AvgIpc) is 2.66. The summed E-state index contributed by atoms with van der Waals surface area (Å²) in [5.74, 6) is -0.275. The lowest BCUT2D eigenvalue weighted by Crippen LogP contribution is -2.40. The fourth-order valence-corrected chi connectivity index (χ4v) is 3.35. The van der Waals surface area contributed by atoms with E-state index in [4.69, 9.17) is 0 Å². The van der Waals surface area contributed by atoms with Crippen LogP contribution in [0.1, 0.15) is 34.3 Å². The maximum Gasteiger partial charge on any atom is 0.255 e. The van der Waals surface area contributed by atoms with Crippen LogP contribution in [-0.2, 0) is 16.1 Å². The van der Waals surface area contributed by atoms with Gasteiger partial charge < -0.3 is 4.90 Å². The third kappa shape index (κ3) is 2.10. The molecule has 1 atom stereocenters. The van der Waals surface area contributed by atoms with Crippen molar-refractivity contribution in [2.75, 3.05) is 0 Å². The monoisotopic (exact) mass is 290 g/mol. The first kappa shape index (κ1) is 13.2. The van der Waals surface area contributed by atoms with E-state index in [0.29, 0.717) is 18.5 Å². The number of aryl methyl sites for hydroxylation is 1. The van der Waals surface area contributed by atoms with Gasteiger partial charge in [-0.25, -0.2) is 0 Å². The Morgan fingerprint density at radius 2 is 2.10 bits per heavy atom. The molecule has 0 saturated carbocycles. The van der Waals surface area contributed by atoms with E-state index in [0.717, 1.165) is 23.1 Å². The first-order valence-corrected chi connectivity index (χ1v) is 7.28. The Morgan fingerprint density at radius 1 is 1.30 bits per heavy atom. The molecule has 2 aliphatic rings. The summed E-state index contributed by atoms with van der Waals surface area (Å²) in [6.07, 6.45) is 0.652. The molecule has 0 bridgehead atoms. The van der Waals surface area contributed by atoms with E-state index in [1.807, 2.05) is 19.1 Å². The van der Waals surface area contributed by atoms with Gasteiger partial charge in [-0.05, 0) is 30.5 Å².